The van der Waals surface area contributed by atoms with E-state index in [4.69, 9.17) is 0 Å². The molecule has 2 rings (SSSR count). The molecule has 1 unspecified atom stereocenters. The van der Waals surface area contributed by atoms with Gasteiger partial charge >= 0.3 is 0 Å². The predicted molar refractivity (Wildman–Crippen MR) is 76.7 cm³/mol. The van der Waals surface area contributed by atoms with Crippen LogP contribution in [0.1, 0.15) is 44.2 Å². The van der Waals surface area contributed by atoms with Gasteiger partial charge in [0.2, 0.25) is 0 Å². The molecule has 0 aliphatic heterocycles. The second-order valence-corrected chi connectivity index (χ2v) is 5.64. The summed E-state index contributed by atoms with van der Waals surface area (Å²) in [5.41, 5.74) is 2.98. The zero-order chi connectivity index (χ0) is 13.0. The number of pyridine rings is 1. The van der Waals surface area contributed by atoms with Crippen molar-refractivity contribution < 1.29 is 0 Å². The highest BCUT2D eigenvalue weighted by molar-refractivity contribution is 5.25. The van der Waals surface area contributed by atoms with Gasteiger partial charge in [0.15, 0.2) is 0 Å². The molecule has 94 valence electrons. The number of aromatic nitrogens is 1. The zero-order valence-corrected chi connectivity index (χ0v) is 11.4. The molecule has 0 amide bonds. The van der Waals surface area contributed by atoms with Crippen LogP contribution in [0, 0.1) is 0 Å². The average molecular weight is 239 g/mol. The quantitative estimate of drug-likeness (QED) is 0.762. The first-order valence-electron chi connectivity index (χ1n) is 6.55. The number of nitrogens with zero attached hydrogens (tertiary/aromatic N) is 1. The van der Waals surface area contributed by atoms with Crippen LogP contribution < -0.4 is 0 Å². The summed E-state index contributed by atoms with van der Waals surface area (Å²) in [4.78, 5) is 4.08. The molecule has 0 N–H and O–H groups in total. The average Bonchev–Trinajstić information content (AvgIpc) is 2.40. The zero-order valence-electron chi connectivity index (χ0n) is 11.4. The summed E-state index contributed by atoms with van der Waals surface area (Å²) in [6.45, 7) is 6.93. The van der Waals surface area contributed by atoms with Crippen molar-refractivity contribution in [1.29, 1.82) is 0 Å². The maximum Gasteiger partial charge on any atom is 0.0270 e. The molecule has 18 heavy (non-hydrogen) atoms. The maximum absolute atomic E-state index is 4.08. The normalized spacial score (nSPS) is 13.3. The lowest BCUT2D eigenvalue weighted by molar-refractivity contribution is 0.438. The number of rotatable bonds is 4. The van der Waals surface area contributed by atoms with E-state index in [0.717, 1.165) is 6.42 Å². The lowest BCUT2D eigenvalue weighted by Gasteiger charge is -2.29. The van der Waals surface area contributed by atoms with Gasteiger partial charge in [0.05, 0.1) is 0 Å². The molecule has 1 heteroatoms. The molecule has 0 radical (unpaired) electrons. The monoisotopic (exact) mass is 239 g/mol. The van der Waals surface area contributed by atoms with Gasteiger partial charge in [-0.05, 0) is 41.0 Å². The highest BCUT2D eigenvalue weighted by Gasteiger charge is 2.23. The van der Waals surface area contributed by atoms with Crippen molar-refractivity contribution in [3.63, 3.8) is 0 Å². The van der Waals surface area contributed by atoms with Crippen LogP contribution in [-0.4, -0.2) is 4.98 Å². The van der Waals surface area contributed by atoms with E-state index < -0.39 is 0 Å². The summed E-state index contributed by atoms with van der Waals surface area (Å²) in [5.74, 6) is 0.545. The van der Waals surface area contributed by atoms with Gasteiger partial charge in [-0.15, -0.1) is 0 Å². The number of hydrogen-bond donors (Lipinski definition) is 0. The van der Waals surface area contributed by atoms with E-state index in [-0.39, 0.29) is 5.41 Å². The third kappa shape index (κ3) is 2.98. The fraction of sp³-hybridized carbons (Fsp3) is 0.353. The Kier molecular flexibility index (Phi) is 3.81. The standard InChI is InChI=1S/C17H21N/c1-14(15-9-11-18-12-10-15)13-17(2,3)16-7-5-4-6-8-16/h4-12,14H,13H2,1-3H3. The van der Waals surface area contributed by atoms with Crippen LogP contribution in [0.4, 0.5) is 0 Å². The second kappa shape index (κ2) is 5.34. The summed E-state index contributed by atoms with van der Waals surface area (Å²) in [5, 5.41) is 0. The van der Waals surface area contributed by atoms with E-state index in [1.165, 1.54) is 11.1 Å². The molecule has 1 atom stereocenters. The maximum atomic E-state index is 4.08. The van der Waals surface area contributed by atoms with Crippen LogP contribution in [0.5, 0.6) is 0 Å². The minimum absolute atomic E-state index is 0.198. The summed E-state index contributed by atoms with van der Waals surface area (Å²) in [7, 11) is 0. The second-order valence-electron chi connectivity index (χ2n) is 5.64. The van der Waals surface area contributed by atoms with Crippen molar-refractivity contribution in [1.82, 2.24) is 4.98 Å². The number of hydrogen-bond acceptors (Lipinski definition) is 1. The first-order chi connectivity index (χ1) is 8.59. The Morgan fingerprint density at radius 3 is 2.22 bits per heavy atom. The molecule has 0 saturated carbocycles. The molecule has 0 fully saturated rings. The van der Waals surface area contributed by atoms with Gasteiger partial charge in [-0.2, -0.15) is 0 Å². The minimum Gasteiger partial charge on any atom is -0.265 e. The van der Waals surface area contributed by atoms with Crippen molar-refractivity contribution in [2.24, 2.45) is 0 Å². The van der Waals surface area contributed by atoms with Crippen LogP contribution in [0.2, 0.25) is 0 Å². The largest absolute Gasteiger partial charge is 0.265 e. The van der Waals surface area contributed by atoms with Crippen LogP contribution in [0.3, 0.4) is 0 Å². The van der Waals surface area contributed by atoms with Crippen molar-refractivity contribution >= 4 is 0 Å². The Hall–Kier alpha value is -1.63. The Morgan fingerprint density at radius 1 is 1.00 bits per heavy atom. The van der Waals surface area contributed by atoms with Gasteiger partial charge in [-0.1, -0.05) is 51.1 Å². The van der Waals surface area contributed by atoms with E-state index >= 15 is 0 Å². The minimum atomic E-state index is 0.198. The van der Waals surface area contributed by atoms with E-state index in [1.54, 1.807) is 0 Å². The summed E-state index contributed by atoms with van der Waals surface area (Å²) in [6, 6.07) is 15.0. The fourth-order valence-corrected chi connectivity index (χ4v) is 2.58. The van der Waals surface area contributed by atoms with Crippen LogP contribution in [-0.2, 0) is 5.41 Å². The fourth-order valence-electron chi connectivity index (χ4n) is 2.58. The lowest BCUT2D eigenvalue weighted by atomic mass is 9.76. The van der Waals surface area contributed by atoms with Crippen LogP contribution >= 0.6 is 0 Å². The predicted octanol–water partition coefficient (Wildman–Crippen LogP) is 4.55. The van der Waals surface area contributed by atoms with Gasteiger partial charge in [0, 0.05) is 12.4 Å². The van der Waals surface area contributed by atoms with Gasteiger partial charge in [-0.3, -0.25) is 4.98 Å². The SMILES string of the molecule is CC(CC(C)(C)c1ccccc1)c1ccncc1. The topological polar surface area (TPSA) is 12.9 Å². The van der Waals surface area contributed by atoms with Crippen molar-refractivity contribution in [2.75, 3.05) is 0 Å². The van der Waals surface area contributed by atoms with E-state index in [9.17, 15) is 0 Å². The first kappa shape index (κ1) is 12.8. The van der Waals surface area contributed by atoms with Gasteiger partial charge in [0.1, 0.15) is 0 Å². The van der Waals surface area contributed by atoms with Gasteiger partial charge in [-0.25, -0.2) is 0 Å². The molecule has 1 heterocycles. The molecule has 0 bridgehead atoms. The molecule has 2 aromatic rings. The number of benzene rings is 1. The van der Waals surface area contributed by atoms with Crippen molar-refractivity contribution in [2.45, 2.75) is 38.5 Å². The lowest BCUT2D eigenvalue weighted by Crippen LogP contribution is -2.19. The molecule has 0 aliphatic rings. The first-order valence-corrected chi connectivity index (χ1v) is 6.55. The molecular formula is C17H21N. The molecular weight excluding hydrogens is 218 g/mol. The molecule has 0 spiro atoms. The van der Waals surface area contributed by atoms with Gasteiger partial charge < -0.3 is 0 Å². The molecule has 1 aromatic heterocycles. The third-order valence-electron chi connectivity index (χ3n) is 3.65. The third-order valence-corrected chi connectivity index (χ3v) is 3.65. The highest BCUT2D eigenvalue weighted by Crippen LogP contribution is 2.34. The summed E-state index contributed by atoms with van der Waals surface area (Å²) < 4.78 is 0. The molecule has 1 nitrogen and oxygen atoms in total. The molecule has 0 saturated heterocycles. The molecule has 0 aliphatic carbocycles. The summed E-state index contributed by atoms with van der Waals surface area (Å²) >= 11 is 0. The summed E-state index contributed by atoms with van der Waals surface area (Å²) in [6.07, 6.45) is 4.89. The van der Waals surface area contributed by atoms with E-state index in [2.05, 4.69) is 68.2 Å². The Labute approximate surface area is 110 Å². The van der Waals surface area contributed by atoms with Crippen LogP contribution in [0.15, 0.2) is 54.9 Å². The van der Waals surface area contributed by atoms with Crippen molar-refractivity contribution in [3.8, 4) is 0 Å². The van der Waals surface area contributed by atoms with Gasteiger partial charge in [0.25, 0.3) is 0 Å². The van der Waals surface area contributed by atoms with Crippen LogP contribution in [0.25, 0.3) is 0 Å². The Balaban J connectivity index is 2.14. The van der Waals surface area contributed by atoms with Crippen molar-refractivity contribution in [3.05, 3.63) is 66.0 Å². The Bertz CT molecular complexity index is 473. The highest BCUT2D eigenvalue weighted by atomic mass is 14.6. The molecule has 1 aromatic carbocycles. The smallest absolute Gasteiger partial charge is 0.0270 e. The Morgan fingerprint density at radius 2 is 1.61 bits per heavy atom. The van der Waals surface area contributed by atoms with E-state index in [1.807, 2.05) is 12.4 Å². The van der Waals surface area contributed by atoms with E-state index in [0.29, 0.717) is 5.92 Å².